The summed E-state index contributed by atoms with van der Waals surface area (Å²) in [6.07, 6.45) is 3.89. The van der Waals surface area contributed by atoms with Crippen LogP contribution in [-0.2, 0) is 14.1 Å². The summed E-state index contributed by atoms with van der Waals surface area (Å²) in [6.45, 7) is 0. The van der Waals surface area contributed by atoms with E-state index in [0.29, 0.717) is 28.6 Å². The lowest BCUT2D eigenvalue weighted by molar-refractivity contribution is 0.412. The van der Waals surface area contributed by atoms with Gasteiger partial charge in [0.15, 0.2) is 11.6 Å². The molecule has 0 bridgehead atoms. The molecule has 8 nitrogen and oxygen atoms in total. The van der Waals surface area contributed by atoms with Crippen LogP contribution in [0.5, 0.6) is 0 Å². The van der Waals surface area contributed by atoms with Crippen LogP contribution in [0.3, 0.4) is 0 Å². The molecule has 6 rings (SSSR count). The smallest absolute Gasteiger partial charge is 0.250 e. The normalized spacial score (nSPS) is 21.7. The molecule has 4 heterocycles. The summed E-state index contributed by atoms with van der Waals surface area (Å²) in [7, 11) is 3.67. The number of hydrogen-bond acceptors (Lipinski definition) is 6. The fraction of sp³-hybridized carbons (Fsp3) is 0.304. The van der Waals surface area contributed by atoms with Crippen molar-refractivity contribution < 1.29 is 4.52 Å². The lowest BCUT2D eigenvalue weighted by Gasteiger charge is -2.26. The molecular weight excluding hydrogens is 428 g/mol. The van der Waals surface area contributed by atoms with Gasteiger partial charge >= 0.3 is 0 Å². The zero-order valence-corrected chi connectivity index (χ0v) is 18.4. The Morgan fingerprint density at radius 1 is 1.06 bits per heavy atom. The number of halogens is 1. The Labute approximate surface area is 189 Å². The minimum atomic E-state index is -0.0792. The number of hydrogen-bond donors (Lipinski definition) is 0. The molecule has 3 atom stereocenters. The highest BCUT2D eigenvalue weighted by molar-refractivity contribution is 6.30. The van der Waals surface area contributed by atoms with Gasteiger partial charge < -0.3 is 14.0 Å². The van der Waals surface area contributed by atoms with Crippen molar-refractivity contribution in [2.45, 2.75) is 24.9 Å². The maximum Gasteiger partial charge on any atom is 0.250 e. The van der Waals surface area contributed by atoms with E-state index in [4.69, 9.17) is 16.1 Å². The predicted octanol–water partition coefficient (Wildman–Crippen LogP) is 3.83. The lowest BCUT2D eigenvalue weighted by atomic mass is 10.1. The van der Waals surface area contributed by atoms with E-state index in [1.165, 1.54) is 4.57 Å². The first-order valence-corrected chi connectivity index (χ1v) is 10.9. The van der Waals surface area contributed by atoms with Crippen LogP contribution in [-0.4, -0.2) is 30.5 Å². The van der Waals surface area contributed by atoms with Gasteiger partial charge in [-0.3, -0.25) is 9.36 Å². The third-order valence-corrected chi connectivity index (χ3v) is 6.76. The zero-order chi connectivity index (χ0) is 22.0. The fourth-order valence-corrected chi connectivity index (χ4v) is 4.91. The summed E-state index contributed by atoms with van der Waals surface area (Å²) in [5, 5.41) is 14.0. The third-order valence-electron chi connectivity index (χ3n) is 6.53. The summed E-state index contributed by atoms with van der Waals surface area (Å²) in [5.41, 5.74) is 2.45. The molecule has 0 radical (unpaired) electrons. The fourth-order valence-electron chi connectivity index (χ4n) is 4.72. The van der Waals surface area contributed by atoms with Crippen LogP contribution in [0.2, 0.25) is 5.02 Å². The van der Waals surface area contributed by atoms with Gasteiger partial charge in [-0.05, 0) is 37.0 Å². The van der Waals surface area contributed by atoms with Gasteiger partial charge in [0, 0.05) is 54.6 Å². The number of aromatic nitrogens is 5. The molecule has 1 saturated heterocycles. The Hall–Kier alpha value is -3.39. The SMILES string of the molecule is Cn1c(-c2ccn(C)c(=O)c2)nnc1N1[C@@H](c2cc(-c3cccc(Cl)c3)on2)C[C@H]2C[C@H]21. The molecule has 1 aliphatic heterocycles. The van der Waals surface area contributed by atoms with E-state index >= 15 is 0 Å². The summed E-state index contributed by atoms with van der Waals surface area (Å²) in [5.74, 6) is 2.76. The van der Waals surface area contributed by atoms with E-state index in [2.05, 4.69) is 20.3 Å². The number of rotatable bonds is 4. The first kappa shape index (κ1) is 19.3. The van der Waals surface area contributed by atoms with Crippen LogP contribution < -0.4 is 10.5 Å². The van der Waals surface area contributed by atoms with Gasteiger partial charge in [0.1, 0.15) is 5.69 Å². The molecule has 0 amide bonds. The first-order chi connectivity index (χ1) is 15.5. The number of aryl methyl sites for hydroxylation is 1. The van der Waals surface area contributed by atoms with E-state index in [9.17, 15) is 4.79 Å². The van der Waals surface area contributed by atoms with Crippen LogP contribution in [0.4, 0.5) is 5.95 Å². The summed E-state index contributed by atoms with van der Waals surface area (Å²) in [6, 6.07) is 13.5. The van der Waals surface area contributed by atoms with Crippen molar-refractivity contribution in [1.29, 1.82) is 0 Å². The second kappa shape index (κ2) is 7.06. The zero-order valence-electron chi connectivity index (χ0n) is 17.6. The molecule has 9 heteroatoms. The van der Waals surface area contributed by atoms with Crippen LogP contribution in [0.1, 0.15) is 24.6 Å². The highest BCUT2D eigenvalue weighted by Crippen LogP contribution is 2.54. The number of nitrogens with zero attached hydrogens (tertiary/aromatic N) is 6. The molecular formula is C23H21ClN6O2. The van der Waals surface area contributed by atoms with Gasteiger partial charge in [-0.15, -0.1) is 10.2 Å². The maximum absolute atomic E-state index is 12.1. The van der Waals surface area contributed by atoms with Crippen molar-refractivity contribution in [1.82, 2.24) is 24.5 Å². The Balaban J connectivity index is 1.35. The topological polar surface area (TPSA) is 82.0 Å². The maximum atomic E-state index is 12.1. The number of piperidine rings is 1. The highest BCUT2D eigenvalue weighted by Gasteiger charge is 2.54. The Morgan fingerprint density at radius 3 is 2.75 bits per heavy atom. The molecule has 32 heavy (non-hydrogen) atoms. The van der Waals surface area contributed by atoms with E-state index in [1.54, 1.807) is 19.3 Å². The minimum Gasteiger partial charge on any atom is -0.356 e. The summed E-state index contributed by atoms with van der Waals surface area (Å²) in [4.78, 5) is 14.4. The van der Waals surface area contributed by atoms with Crippen molar-refractivity contribution in [2.75, 3.05) is 4.90 Å². The Bertz CT molecular complexity index is 1390. The molecule has 0 unspecified atom stereocenters. The molecule has 0 N–H and O–H groups in total. The van der Waals surface area contributed by atoms with Crippen molar-refractivity contribution in [3.63, 3.8) is 0 Å². The van der Waals surface area contributed by atoms with Gasteiger partial charge in [0.25, 0.3) is 5.56 Å². The molecule has 2 fully saturated rings. The van der Waals surface area contributed by atoms with E-state index in [0.717, 1.165) is 35.6 Å². The Kier molecular flexibility index (Phi) is 4.26. The molecule has 1 saturated carbocycles. The number of anilines is 1. The molecule has 1 aliphatic carbocycles. The predicted molar refractivity (Wildman–Crippen MR) is 120 cm³/mol. The van der Waals surface area contributed by atoms with Gasteiger partial charge in [-0.25, -0.2) is 0 Å². The van der Waals surface area contributed by atoms with Crippen LogP contribution in [0.15, 0.2) is 58.0 Å². The van der Waals surface area contributed by atoms with Gasteiger partial charge in [-0.1, -0.05) is 28.9 Å². The Morgan fingerprint density at radius 2 is 1.94 bits per heavy atom. The van der Waals surface area contributed by atoms with Crippen molar-refractivity contribution in [2.24, 2.45) is 20.0 Å². The van der Waals surface area contributed by atoms with E-state index in [1.807, 2.05) is 48.0 Å². The second-order valence-electron chi connectivity index (χ2n) is 8.60. The van der Waals surface area contributed by atoms with Crippen molar-refractivity contribution in [3.05, 3.63) is 69.7 Å². The molecule has 162 valence electrons. The van der Waals surface area contributed by atoms with Gasteiger partial charge in [-0.2, -0.15) is 0 Å². The summed E-state index contributed by atoms with van der Waals surface area (Å²) >= 11 is 6.14. The second-order valence-corrected chi connectivity index (χ2v) is 9.03. The van der Waals surface area contributed by atoms with Crippen molar-refractivity contribution >= 4 is 17.5 Å². The third kappa shape index (κ3) is 3.05. The average Bonchev–Trinajstić information content (AvgIpc) is 3.11. The number of pyridine rings is 1. The van der Waals surface area contributed by atoms with Crippen molar-refractivity contribution in [3.8, 4) is 22.7 Å². The molecule has 3 aromatic heterocycles. The van der Waals surface area contributed by atoms with E-state index in [-0.39, 0.29) is 11.6 Å². The standard InChI is InChI=1S/C23H21ClN6O2/c1-28-7-6-14(11-21(28)31)22-25-26-23(29(22)2)30-18-9-15(18)10-19(30)17-12-20(32-27-17)13-4-3-5-16(24)8-13/h3-8,11-12,15,18-19H,9-10H2,1-2H3/t15-,18-,19-/m1/s1. The van der Waals surface area contributed by atoms with Gasteiger partial charge in [0.05, 0.1) is 6.04 Å². The van der Waals surface area contributed by atoms with Gasteiger partial charge in [0.2, 0.25) is 5.95 Å². The van der Waals surface area contributed by atoms with Crippen LogP contribution in [0.25, 0.3) is 22.7 Å². The molecule has 4 aromatic rings. The average molecular weight is 449 g/mol. The quantitative estimate of drug-likeness (QED) is 0.472. The largest absolute Gasteiger partial charge is 0.356 e. The van der Waals surface area contributed by atoms with Crippen LogP contribution >= 0.6 is 11.6 Å². The molecule has 2 aliphatic rings. The minimum absolute atomic E-state index is 0.0647. The van der Waals surface area contributed by atoms with E-state index < -0.39 is 0 Å². The lowest BCUT2D eigenvalue weighted by Crippen LogP contribution is -2.29. The van der Waals surface area contributed by atoms with Crippen LogP contribution in [0, 0.1) is 5.92 Å². The molecule has 0 spiro atoms. The molecule has 1 aromatic carbocycles. The monoisotopic (exact) mass is 448 g/mol. The first-order valence-electron chi connectivity index (χ1n) is 10.6. The summed E-state index contributed by atoms with van der Waals surface area (Å²) < 4.78 is 9.16. The highest BCUT2D eigenvalue weighted by atomic mass is 35.5. The number of benzene rings is 1. The number of fused-ring (bicyclic) bond motifs is 1.